The van der Waals surface area contributed by atoms with Crippen LogP contribution in [0.3, 0.4) is 0 Å². The molecule has 7 nitrogen and oxygen atoms in total. The van der Waals surface area contributed by atoms with Crippen LogP contribution < -0.4 is 11.3 Å². The van der Waals surface area contributed by atoms with Crippen LogP contribution in [0.1, 0.15) is 5.82 Å². The zero-order valence-corrected chi connectivity index (χ0v) is 11.8. The second-order valence-corrected chi connectivity index (χ2v) is 6.94. The van der Waals surface area contributed by atoms with Crippen molar-refractivity contribution in [2.75, 3.05) is 30.3 Å². The summed E-state index contributed by atoms with van der Waals surface area (Å²) in [6, 6.07) is 1.66. The SMILES string of the molecule is COCc1nc(NN)cc(SCCS(C)(=O)=O)n1. The molecule has 1 aromatic rings. The van der Waals surface area contributed by atoms with Gasteiger partial charge in [-0.25, -0.2) is 24.2 Å². The highest BCUT2D eigenvalue weighted by Crippen LogP contribution is 2.18. The summed E-state index contributed by atoms with van der Waals surface area (Å²) < 4.78 is 27.0. The van der Waals surface area contributed by atoms with Crippen LogP contribution in [0.25, 0.3) is 0 Å². The van der Waals surface area contributed by atoms with Crippen molar-refractivity contribution >= 4 is 27.4 Å². The van der Waals surface area contributed by atoms with Crippen LogP contribution in [0.5, 0.6) is 0 Å². The van der Waals surface area contributed by atoms with E-state index in [1.165, 1.54) is 18.0 Å². The molecule has 0 radical (unpaired) electrons. The van der Waals surface area contributed by atoms with E-state index < -0.39 is 9.84 Å². The summed E-state index contributed by atoms with van der Waals surface area (Å²) in [6.07, 6.45) is 1.21. The van der Waals surface area contributed by atoms with Gasteiger partial charge < -0.3 is 10.2 Å². The van der Waals surface area contributed by atoms with Gasteiger partial charge in [0.2, 0.25) is 0 Å². The molecule has 0 unspecified atom stereocenters. The molecule has 0 spiro atoms. The Labute approximate surface area is 110 Å². The Morgan fingerprint density at radius 1 is 1.50 bits per heavy atom. The van der Waals surface area contributed by atoms with E-state index in [-0.39, 0.29) is 12.4 Å². The zero-order valence-electron chi connectivity index (χ0n) is 10.2. The molecule has 0 bridgehead atoms. The highest BCUT2D eigenvalue weighted by molar-refractivity contribution is 8.00. The summed E-state index contributed by atoms with van der Waals surface area (Å²) in [7, 11) is -1.42. The van der Waals surface area contributed by atoms with Crippen molar-refractivity contribution in [2.45, 2.75) is 11.6 Å². The van der Waals surface area contributed by atoms with Gasteiger partial charge in [0.05, 0.1) is 5.75 Å². The normalized spacial score (nSPS) is 11.5. The van der Waals surface area contributed by atoms with E-state index in [9.17, 15) is 8.42 Å². The lowest BCUT2D eigenvalue weighted by atomic mass is 10.5. The molecule has 102 valence electrons. The Morgan fingerprint density at radius 2 is 2.22 bits per heavy atom. The zero-order chi connectivity index (χ0) is 13.6. The maximum absolute atomic E-state index is 11.0. The minimum absolute atomic E-state index is 0.104. The van der Waals surface area contributed by atoms with Crippen molar-refractivity contribution in [3.63, 3.8) is 0 Å². The van der Waals surface area contributed by atoms with Crippen molar-refractivity contribution in [1.29, 1.82) is 0 Å². The average Bonchev–Trinajstić information content (AvgIpc) is 2.27. The maximum Gasteiger partial charge on any atom is 0.157 e. The monoisotopic (exact) mass is 292 g/mol. The largest absolute Gasteiger partial charge is 0.377 e. The molecule has 1 aromatic heterocycles. The Bertz CT molecular complexity index is 493. The number of nitrogens with zero attached hydrogens (tertiary/aromatic N) is 2. The summed E-state index contributed by atoms with van der Waals surface area (Å²) in [5, 5.41) is 0.661. The number of nitrogens with one attached hydrogen (secondary N) is 1. The molecule has 18 heavy (non-hydrogen) atoms. The predicted molar refractivity (Wildman–Crippen MR) is 71.0 cm³/mol. The van der Waals surface area contributed by atoms with Gasteiger partial charge in [0.25, 0.3) is 0 Å². The topological polar surface area (TPSA) is 107 Å². The fourth-order valence-corrected chi connectivity index (χ4v) is 3.23. The molecule has 0 amide bonds. The van der Waals surface area contributed by atoms with Crippen LogP contribution >= 0.6 is 11.8 Å². The number of rotatable bonds is 7. The number of hydrogen-bond donors (Lipinski definition) is 2. The molecule has 0 fully saturated rings. The Hall–Kier alpha value is -0.900. The van der Waals surface area contributed by atoms with Crippen molar-refractivity contribution < 1.29 is 13.2 Å². The summed E-state index contributed by atoms with van der Waals surface area (Å²) in [5.41, 5.74) is 2.43. The molecule has 0 atom stereocenters. The molecule has 0 aliphatic carbocycles. The minimum atomic E-state index is -2.96. The summed E-state index contributed by atoms with van der Waals surface area (Å²) in [4.78, 5) is 8.32. The quantitative estimate of drug-likeness (QED) is 0.314. The number of sulfone groups is 1. The number of hydrogen-bond acceptors (Lipinski definition) is 8. The van der Waals surface area contributed by atoms with Gasteiger partial charge in [-0.2, -0.15) is 0 Å². The molecule has 0 aliphatic rings. The molecule has 1 heterocycles. The lowest BCUT2D eigenvalue weighted by Crippen LogP contribution is -2.11. The van der Waals surface area contributed by atoms with Crippen LogP contribution in [0.15, 0.2) is 11.1 Å². The number of nitrogen functional groups attached to an aromatic ring is 1. The number of methoxy groups -OCH3 is 1. The van der Waals surface area contributed by atoms with E-state index in [1.54, 1.807) is 13.2 Å². The first-order valence-electron chi connectivity index (χ1n) is 5.08. The Morgan fingerprint density at radius 3 is 2.78 bits per heavy atom. The lowest BCUT2D eigenvalue weighted by Gasteiger charge is -2.06. The summed E-state index contributed by atoms with van der Waals surface area (Å²) >= 11 is 1.34. The maximum atomic E-state index is 11.0. The molecule has 0 aromatic carbocycles. The number of thioether (sulfide) groups is 1. The van der Waals surface area contributed by atoms with E-state index in [0.717, 1.165) is 0 Å². The van der Waals surface area contributed by atoms with Gasteiger partial charge in [0, 0.05) is 25.2 Å². The highest BCUT2D eigenvalue weighted by atomic mass is 32.2. The first kappa shape index (κ1) is 15.2. The minimum Gasteiger partial charge on any atom is -0.377 e. The summed E-state index contributed by atoms with van der Waals surface area (Å²) in [5.74, 6) is 6.80. The highest BCUT2D eigenvalue weighted by Gasteiger charge is 2.07. The van der Waals surface area contributed by atoms with Gasteiger partial charge in [-0.3, -0.25) is 0 Å². The Balaban J connectivity index is 2.72. The fourth-order valence-electron chi connectivity index (χ4n) is 1.11. The predicted octanol–water partition coefficient (Wildman–Crippen LogP) is 0.0453. The van der Waals surface area contributed by atoms with Crippen molar-refractivity contribution in [2.24, 2.45) is 5.84 Å². The standard InChI is InChI=1S/C9H16N4O3S2/c1-16-6-8-11-7(13-10)5-9(12-8)17-3-4-18(2,14)15/h5H,3-4,6,10H2,1-2H3,(H,11,12,13). The van der Waals surface area contributed by atoms with E-state index in [1.807, 2.05) is 0 Å². The van der Waals surface area contributed by atoms with Gasteiger partial charge >= 0.3 is 0 Å². The molecule has 0 aliphatic heterocycles. The van der Waals surface area contributed by atoms with Gasteiger partial charge in [-0.05, 0) is 0 Å². The van der Waals surface area contributed by atoms with E-state index in [0.29, 0.717) is 22.4 Å². The Kier molecular flexibility index (Phi) is 5.79. The van der Waals surface area contributed by atoms with Crippen LogP contribution in [0.4, 0.5) is 5.82 Å². The second kappa shape index (κ2) is 6.88. The molecular formula is C9H16N4O3S2. The number of aromatic nitrogens is 2. The first-order chi connectivity index (χ1) is 8.44. The third kappa shape index (κ3) is 5.63. The van der Waals surface area contributed by atoms with Crippen LogP contribution in [-0.2, 0) is 21.2 Å². The molecule has 0 saturated carbocycles. The number of anilines is 1. The van der Waals surface area contributed by atoms with E-state index in [4.69, 9.17) is 10.6 Å². The van der Waals surface area contributed by atoms with Gasteiger partial charge in [-0.15, -0.1) is 11.8 Å². The van der Waals surface area contributed by atoms with Crippen molar-refractivity contribution in [3.8, 4) is 0 Å². The van der Waals surface area contributed by atoms with Crippen LogP contribution in [-0.4, -0.2) is 43.3 Å². The second-order valence-electron chi connectivity index (χ2n) is 3.56. The van der Waals surface area contributed by atoms with Gasteiger partial charge in [-0.1, -0.05) is 0 Å². The third-order valence-electron chi connectivity index (χ3n) is 1.87. The van der Waals surface area contributed by atoms with E-state index >= 15 is 0 Å². The van der Waals surface area contributed by atoms with Crippen LogP contribution in [0, 0.1) is 0 Å². The lowest BCUT2D eigenvalue weighted by molar-refractivity contribution is 0.177. The first-order valence-corrected chi connectivity index (χ1v) is 8.13. The molecule has 3 N–H and O–H groups in total. The van der Waals surface area contributed by atoms with Crippen molar-refractivity contribution in [3.05, 3.63) is 11.9 Å². The van der Waals surface area contributed by atoms with E-state index in [2.05, 4.69) is 15.4 Å². The summed E-state index contributed by atoms with van der Waals surface area (Å²) in [6.45, 7) is 0.273. The van der Waals surface area contributed by atoms with Crippen molar-refractivity contribution in [1.82, 2.24) is 9.97 Å². The van der Waals surface area contributed by atoms with Gasteiger partial charge in [0.1, 0.15) is 27.3 Å². The number of nitrogens with two attached hydrogens (primary N) is 1. The van der Waals surface area contributed by atoms with Crippen LogP contribution in [0.2, 0.25) is 0 Å². The molecule has 1 rings (SSSR count). The number of hydrazine groups is 1. The molecule has 0 saturated heterocycles. The van der Waals surface area contributed by atoms with Gasteiger partial charge in [0.15, 0.2) is 5.82 Å². The molecular weight excluding hydrogens is 276 g/mol. The smallest absolute Gasteiger partial charge is 0.157 e. The molecule has 9 heteroatoms. The third-order valence-corrected chi connectivity index (χ3v) is 3.99. The average molecular weight is 292 g/mol. The number of ether oxygens (including phenoxy) is 1. The fraction of sp³-hybridized carbons (Fsp3) is 0.556.